The minimum Gasteiger partial charge on any atom is -0.325 e. The highest BCUT2D eigenvalue weighted by Crippen LogP contribution is 2.21. The molecule has 0 spiro atoms. The van der Waals surface area contributed by atoms with Crippen molar-refractivity contribution in [3.8, 4) is 0 Å². The maximum Gasteiger partial charge on any atom is 0.451 e. The fraction of sp³-hybridized carbons (Fsp3) is 0.444. The summed E-state index contributed by atoms with van der Waals surface area (Å²) >= 11 is 11.3. The lowest BCUT2D eigenvalue weighted by Gasteiger charge is -2.06. The van der Waals surface area contributed by atoms with Crippen molar-refractivity contribution in [1.82, 2.24) is 10.2 Å². The minimum atomic E-state index is -4.74. The van der Waals surface area contributed by atoms with Crippen molar-refractivity contribution >= 4 is 49.6 Å². The SMILES string of the molecule is NS(=O)(=O)CCOS(=O)(=O)OC(=O)CCc1n[nH]c(=O)c(Cl)c1Cl. The standard InChI is InChI=1S/C9H11Cl2N3O8S2/c10-7-5(13-14-9(16)8(7)11)1-2-6(15)22-24(19,20)21-3-4-23(12,17)18/h1-4H2,(H,14,16)(H2,12,17,18). The van der Waals surface area contributed by atoms with E-state index in [9.17, 15) is 26.4 Å². The quantitative estimate of drug-likeness (QED) is 0.536. The Balaban J connectivity index is 2.57. The number of halogens is 2. The fourth-order valence-corrected chi connectivity index (χ4v) is 2.70. The van der Waals surface area contributed by atoms with Gasteiger partial charge in [-0.05, 0) is 0 Å². The van der Waals surface area contributed by atoms with Crippen molar-refractivity contribution < 1.29 is 30.0 Å². The highest BCUT2D eigenvalue weighted by molar-refractivity contribution is 7.89. The van der Waals surface area contributed by atoms with E-state index in [1.807, 2.05) is 5.10 Å². The van der Waals surface area contributed by atoms with Crippen LogP contribution >= 0.6 is 23.2 Å². The van der Waals surface area contributed by atoms with Gasteiger partial charge < -0.3 is 4.18 Å². The molecule has 0 aliphatic heterocycles. The number of carbonyl (C=O) groups excluding carboxylic acids is 1. The Kier molecular flexibility index (Phi) is 7.12. The molecule has 0 saturated heterocycles. The number of carbonyl (C=O) groups is 1. The summed E-state index contributed by atoms with van der Waals surface area (Å²) in [6, 6.07) is 0. The molecule has 0 unspecified atom stereocenters. The van der Waals surface area contributed by atoms with E-state index in [0.29, 0.717) is 0 Å². The average molecular weight is 424 g/mol. The molecule has 0 aliphatic carbocycles. The Morgan fingerprint density at radius 1 is 1.21 bits per heavy atom. The van der Waals surface area contributed by atoms with E-state index < -0.39 is 50.7 Å². The third kappa shape index (κ3) is 7.11. The summed E-state index contributed by atoms with van der Waals surface area (Å²) in [5.41, 5.74) is -0.676. The summed E-state index contributed by atoms with van der Waals surface area (Å²) in [4.78, 5) is 22.6. The Labute approximate surface area is 146 Å². The predicted molar refractivity (Wildman–Crippen MR) is 82.1 cm³/mol. The summed E-state index contributed by atoms with van der Waals surface area (Å²) in [5.74, 6) is -2.00. The van der Waals surface area contributed by atoms with Crippen molar-refractivity contribution in [2.24, 2.45) is 5.14 Å². The molecule has 3 N–H and O–H groups in total. The van der Waals surface area contributed by atoms with Gasteiger partial charge in [0, 0.05) is 6.42 Å². The second-order valence-corrected chi connectivity index (χ2v) is 7.89. The lowest BCUT2D eigenvalue weighted by atomic mass is 10.2. The maximum atomic E-state index is 11.5. The molecule has 1 aromatic heterocycles. The highest BCUT2D eigenvalue weighted by Gasteiger charge is 2.20. The number of sulfonamides is 1. The number of aromatic nitrogens is 2. The Morgan fingerprint density at radius 2 is 1.83 bits per heavy atom. The van der Waals surface area contributed by atoms with Gasteiger partial charge in [0.25, 0.3) is 5.56 Å². The molecule has 0 fully saturated rings. The zero-order valence-electron chi connectivity index (χ0n) is 11.7. The van der Waals surface area contributed by atoms with Crippen LogP contribution in [0.1, 0.15) is 12.1 Å². The topological polar surface area (TPSA) is 176 Å². The predicted octanol–water partition coefficient (Wildman–Crippen LogP) is -0.898. The monoisotopic (exact) mass is 423 g/mol. The highest BCUT2D eigenvalue weighted by atomic mass is 35.5. The van der Waals surface area contributed by atoms with Gasteiger partial charge in [-0.1, -0.05) is 23.2 Å². The minimum absolute atomic E-state index is 0.0470. The molecule has 1 aromatic rings. The smallest absolute Gasteiger partial charge is 0.325 e. The van der Waals surface area contributed by atoms with Crippen LogP contribution in [0.25, 0.3) is 0 Å². The number of hydrogen-bond donors (Lipinski definition) is 2. The molecule has 0 atom stereocenters. The Hall–Kier alpha value is -1.25. The van der Waals surface area contributed by atoms with E-state index >= 15 is 0 Å². The van der Waals surface area contributed by atoms with E-state index in [-0.39, 0.29) is 22.2 Å². The molecular formula is C9H11Cl2N3O8S2. The van der Waals surface area contributed by atoms with Crippen LogP contribution in [-0.2, 0) is 40.0 Å². The molecule has 24 heavy (non-hydrogen) atoms. The van der Waals surface area contributed by atoms with Crippen molar-refractivity contribution in [2.75, 3.05) is 12.4 Å². The summed E-state index contributed by atoms with van der Waals surface area (Å²) in [6.45, 7) is -0.808. The van der Waals surface area contributed by atoms with Crippen LogP contribution in [0.15, 0.2) is 4.79 Å². The van der Waals surface area contributed by atoms with Gasteiger partial charge in [-0.2, -0.15) is 13.5 Å². The van der Waals surface area contributed by atoms with E-state index in [4.69, 9.17) is 23.2 Å². The number of H-pyrrole nitrogens is 1. The number of primary sulfonamides is 1. The third-order valence-electron chi connectivity index (χ3n) is 2.29. The van der Waals surface area contributed by atoms with Crippen LogP contribution in [0.4, 0.5) is 0 Å². The zero-order chi connectivity index (χ0) is 18.5. The molecule has 0 saturated carbocycles. The molecule has 15 heteroatoms. The number of aromatic amines is 1. The van der Waals surface area contributed by atoms with Crippen LogP contribution in [-0.4, -0.2) is 45.4 Å². The summed E-state index contributed by atoms with van der Waals surface area (Å²) < 4.78 is 52.0. The van der Waals surface area contributed by atoms with Gasteiger partial charge >= 0.3 is 16.4 Å². The van der Waals surface area contributed by atoms with Crippen molar-refractivity contribution in [1.29, 1.82) is 0 Å². The van der Waals surface area contributed by atoms with E-state index in [1.54, 1.807) is 0 Å². The maximum absolute atomic E-state index is 11.5. The molecule has 0 aromatic carbocycles. The van der Waals surface area contributed by atoms with Crippen molar-refractivity contribution in [3.63, 3.8) is 0 Å². The summed E-state index contributed by atoms with van der Waals surface area (Å²) in [7, 11) is -8.67. The fourth-order valence-electron chi connectivity index (χ4n) is 1.26. The number of hydrogen-bond acceptors (Lipinski definition) is 9. The van der Waals surface area contributed by atoms with Crippen molar-refractivity contribution in [3.05, 3.63) is 26.1 Å². The third-order valence-corrected chi connectivity index (χ3v) is 4.74. The van der Waals surface area contributed by atoms with Gasteiger partial charge in [0.2, 0.25) is 10.0 Å². The van der Waals surface area contributed by atoms with Crippen LogP contribution in [0.2, 0.25) is 10.0 Å². The van der Waals surface area contributed by atoms with Gasteiger partial charge in [0.05, 0.1) is 29.5 Å². The molecule has 0 bridgehead atoms. The Morgan fingerprint density at radius 3 is 2.42 bits per heavy atom. The molecule has 0 aliphatic rings. The van der Waals surface area contributed by atoms with Crippen LogP contribution < -0.4 is 10.7 Å². The number of nitrogens with one attached hydrogen (secondary N) is 1. The molecule has 136 valence electrons. The summed E-state index contributed by atoms with van der Waals surface area (Å²) in [6.07, 6.45) is -0.659. The second-order valence-electron chi connectivity index (χ2n) is 4.18. The molecule has 1 rings (SSSR count). The van der Waals surface area contributed by atoms with Gasteiger partial charge in [0.15, 0.2) is 0 Å². The van der Waals surface area contributed by atoms with Crippen LogP contribution in [0.3, 0.4) is 0 Å². The van der Waals surface area contributed by atoms with Gasteiger partial charge in [-0.25, -0.2) is 22.8 Å². The van der Waals surface area contributed by atoms with E-state index in [0.717, 1.165) is 0 Å². The normalized spacial score (nSPS) is 12.1. The first kappa shape index (κ1) is 20.8. The van der Waals surface area contributed by atoms with E-state index in [2.05, 4.69) is 18.6 Å². The largest absolute Gasteiger partial charge is 0.451 e. The first-order chi connectivity index (χ1) is 10.9. The molecule has 11 nitrogen and oxygen atoms in total. The molecule has 1 heterocycles. The number of rotatable bonds is 8. The Bertz CT molecular complexity index is 881. The summed E-state index contributed by atoms with van der Waals surface area (Å²) in [5, 5.41) is 9.74. The average Bonchev–Trinajstić information content (AvgIpc) is 2.41. The van der Waals surface area contributed by atoms with E-state index in [1.165, 1.54) is 0 Å². The molecule has 0 radical (unpaired) electrons. The van der Waals surface area contributed by atoms with Crippen LogP contribution in [0, 0.1) is 0 Å². The van der Waals surface area contributed by atoms with Gasteiger partial charge in [-0.15, -0.1) is 0 Å². The zero-order valence-corrected chi connectivity index (χ0v) is 14.8. The second kappa shape index (κ2) is 8.22. The first-order valence-electron chi connectivity index (χ1n) is 5.96. The lowest BCUT2D eigenvalue weighted by molar-refractivity contribution is -0.134. The number of nitrogens with zero attached hydrogens (tertiary/aromatic N) is 1. The van der Waals surface area contributed by atoms with Gasteiger partial charge in [-0.3, -0.25) is 9.59 Å². The number of nitrogens with two attached hydrogens (primary N) is 1. The number of aryl methyl sites for hydroxylation is 1. The van der Waals surface area contributed by atoms with Gasteiger partial charge in [0.1, 0.15) is 5.02 Å². The van der Waals surface area contributed by atoms with Crippen LogP contribution in [0.5, 0.6) is 0 Å². The molecular weight excluding hydrogens is 413 g/mol. The lowest BCUT2D eigenvalue weighted by Crippen LogP contribution is -2.23. The first-order valence-corrected chi connectivity index (χ1v) is 9.76. The van der Waals surface area contributed by atoms with Crippen molar-refractivity contribution in [2.45, 2.75) is 12.8 Å². The molecule has 0 amide bonds.